The second kappa shape index (κ2) is 8.03. The number of anilines is 1. The third kappa shape index (κ3) is 5.00. The highest BCUT2D eigenvalue weighted by Gasteiger charge is 2.08. The van der Waals surface area contributed by atoms with Crippen LogP contribution in [0.15, 0.2) is 24.3 Å². The molecule has 2 N–H and O–H groups in total. The molecule has 100 valence electrons. The van der Waals surface area contributed by atoms with Gasteiger partial charge in [0.15, 0.2) is 0 Å². The molecule has 1 unspecified atom stereocenters. The molecule has 4 heteroatoms. The normalized spacial score (nSPS) is 11.9. The molecule has 0 heterocycles. The molecule has 0 saturated carbocycles. The number of carbonyl (C=O) groups excluding carboxylic acids is 1. The smallest absolute Gasteiger partial charge is 0.251 e. The zero-order valence-corrected chi connectivity index (χ0v) is 12.1. The van der Waals surface area contributed by atoms with Gasteiger partial charge in [0, 0.05) is 29.6 Å². The van der Waals surface area contributed by atoms with Gasteiger partial charge in [0.25, 0.3) is 5.91 Å². The minimum Gasteiger partial charge on any atom is -0.385 e. The Labute approximate surface area is 114 Å². The maximum absolute atomic E-state index is 11.9. The van der Waals surface area contributed by atoms with Crippen LogP contribution in [0.5, 0.6) is 0 Å². The van der Waals surface area contributed by atoms with Crippen molar-refractivity contribution in [2.75, 3.05) is 23.9 Å². The van der Waals surface area contributed by atoms with Crippen molar-refractivity contribution < 1.29 is 4.79 Å². The Balaban J connectivity index is 2.53. The first-order valence-corrected chi connectivity index (χ1v) is 7.70. The number of rotatable bonds is 7. The fourth-order valence-corrected chi connectivity index (χ4v) is 2.19. The molecule has 0 fully saturated rings. The van der Waals surface area contributed by atoms with Gasteiger partial charge in [-0.1, -0.05) is 6.92 Å². The zero-order chi connectivity index (χ0) is 13.4. The summed E-state index contributed by atoms with van der Waals surface area (Å²) in [6.45, 7) is 5.10. The molecule has 18 heavy (non-hydrogen) atoms. The Kier molecular flexibility index (Phi) is 6.65. The van der Waals surface area contributed by atoms with Crippen molar-refractivity contribution in [3.63, 3.8) is 0 Å². The summed E-state index contributed by atoms with van der Waals surface area (Å²) in [7, 11) is 0. The number of benzene rings is 1. The number of nitrogens with one attached hydrogen (secondary N) is 2. The summed E-state index contributed by atoms with van der Waals surface area (Å²) in [6.07, 6.45) is 3.13. The third-order valence-electron chi connectivity index (χ3n) is 2.52. The van der Waals surface area contributed by atoms with Gasteiger partial charge in [0.05, 0.1) is 0 Å². The number of thioether (sulfide) groups is 1. The lowest BCUT2D eigenvalue weighted by Crippen LogP contribution is -2.34. The highest BCUT2D eigenvalue weighted by molar-refractivity contribution is 7.98. The topological polar surface area (TPSA) is 41.1 Å². The van der Waals surface area contributed by atoms with E-state index in [4.69, 9.17) is 0 Å². The van der Waals surface area contributed by atoms with Crippen LogP contribution < -0.4 is 10.6 Å². The molecule has 0 saturated heterocycles. The molecule has 1 rings (SSSR count). The zero-order valence-electron chi connectivity index (χ0n) is 11.3. The van der Waals surface area contributed by atoms with E-state index in [-0.39, 0.29) is 11.9 Å². The van der Waals surface area contributed by atoms with Gasteiger partial charge in [-0.3, -0.25) is 4.79 Å². The third-order valence-corrected chi connectivity index (χ3v) is 3.35. The Hall–Kier alpha value is -1.16. The Morgan fingerprint density at radius 3 is 2.56 bits per heavy atom. The van der Waals surface area contributed by atoms with E-state index < -0.39 is 0 Å². The van der Waals surface area contributed by atoms with Crippen LogP contribution >= 0.6 is 11.8 Å². The average molecular weight is 266 g/mol. The highest BCUT2D eigenvalue weighted by Crippen LogP contribution is 2.10. The standard InChI is InChI=1S/C14H22N2OS/c1-4-9-15-13-7-5-12(6-8-13)14(17)16-11(2)10-18-3/h5-8,11,15H,4,9-10H2,1-3H3,(H,16,17). The quantitative estimate of drug-likeness (QED) is 0.797. The Bertz CT molecular complexity index is 365. The minimum absolute atomic E-state index is 0.00130. The van der Waals surface area contributed by atoms with Crippen molar-refractivity contribution in [1.82, 2.24) is 5.32 Å². The van der Waals surface area contributed by atoms with Crippen LogP contribution in [0.3, 0.4) is 0 Å². The molecule has 0 spiro atoms. The minimum atomic E-state index is -0.00130. The molecule has 0 aliphatic rings. The van der Waals surface area contributed by atoms with Gasteiger partial charge in [-0.25, -0.2) is 0 Å². The van der Waals surface area contributed by atoms with Gasteiger partial charge in [-0.05, 0) is 43.9 Å². The second-order valence-electron chi connectivity index (χ2n) is 4.33. The van der Waals surface area contributed by atoms with E-state index in [2.05, 4.69) is 17.6 Å². The van der Waals surface area contributed by atoms with Crippen molar-refractivity contribution >= 4 is 23.4 Å². The van der Waals surface area contributed by atoms with E-state index in [0.717, 1.165) is 24.4 Å². The van der Waals surface area contributed by atoms with E-state index in [0.29, 0.717) is 5.56 Å². The Morgan fingerprint density at radius 2 is 2.00 bits per heavy atom. The first kappa shape index (κ1) is 14.9. The second-order valence-corrected chi connectivity index (χ2v) is 5.24. The van der Waals surface area contributed by atoms with Crippen molar-refractivity contribution in [1.29, 1.82) is 0 Å². The van der Waals surface area contributed by atoms with Gasteiger partial charge in [-0.2, -0.15) is 11.8 Å². The fourth-order valence-electron chi connectivity index (χ4n) is 1.61. The van der Waals surface area contributed by atoms with E-state index in [9.17, 15) is 4.79 Å². The van der Waals surface area contributed by atoms with E-state index >= 15 is 0 Å². The summed E-state index contributed by atoms with van der Waals surface area (Å²) in [6, 6.07) is 7.82. The number of hydrogen-bond donors (Lipinski definition) is 2. The SMILES string of the molecule is CCCNc1ccc(C(=O)NC(C)CSC)cc1. The van der Waals surface area contributed by atoms with Crippen LogP contribution in [0.25, 0.3) is 0 Å². The Morgan fingerprint density at radius 1 is 1.33 bits per heavy atom. The molecule has 0 aliphatic carbocycles. The van der Waals surface area contributed by atoms with Crippen LogP contribution in [0.4, 0.5) is 5.69 Å². The maximum Gasteiger partial charge on any atom is 0.251 e. The van der Waals surface area contributed by atoms with Gasteiger partial charge in [0.1, 0.15) is 0 Å². The molecule has 0 radical (unpaired) electrons. The molecule has 1 aromatic rings. The lowest BCUT2D eigenvalue weighted by molar-refractivity contribution is 0.0944. The van der Waals surface area contributed by atoms with Crippen LogP contribution in [0, 0.1) is 0 Å². The lowest BCUT2D eigenvalue weighted by atomic mass is 10.2. The van der Waals surface area contributed by atoms with Crippen molar-refractivity contribution in [2.45, 2.75) is 26.3 Å². The molecule has 1 amide bonds. The van der Waals surface area contributed by atoms with Gasteiger partial charge >= 0.3 is 0 Å². The summed E-state index contributed by atoms with van der Waals surface area (Å²) in [4.78, 5) is 11.9. The van der Waals surface area contributed by atoms with Crippen LogP contribution in [-0.4, -0.2) is 30.5 Å². The molecule has 3 nitrogen and oxygen atoms in total. The van der Waals surface area contributed by atoms with Crippen molar-refractivity contribution in [3.05, 3.63) is 29.8 Å². The maximum atomic E-state index is 11.9. The molecule has 0 aliphatic heterocycles. The average Bonchev–Trinajstić information content (AvgIpc) is 2.37. The highest BCUT2D eigenvalue weighted by atomic mass is 32.2. The number of hydrogen-bond acceptors (Lipinski definition) is 3. The number of carbonyl (C=O) groups is 1. The van der Waals surface area contributed by atoms with Gasteiger partial charge in [-0.15, -0.1) is 0 Å². The van der Waals surface area contributed by atoms with Crippen LogP contribution in [-0.2, 0) is 0 Å². The molecule has 1 atom stereocenters. The van der Waals surface area contributed by atoms with Crippen LogP contribution in [0.2, 0.25) is 0 Å². The van der Waals surface area contributed by atoms with Crippen LogP contribution in [0.1, 0.15) is 30.6 Å². The van der Waals surface area contributed by atoms with Gasteiger partial charge in [0.2, 0.25) is 0 Å². The summed E-state index contributed by atoms with van der Waals surface area (Å²) in [5.41, 5.74) is 1.77. The largest absolute Gasteiger partial charge is 0.385 e. The van der Waals surface area contributed by atoms with Gasteiger partial charge < -0.3 is 10.6 Å². The van der Waals surface area contributed by atoms with E-state index in [1.54, 1.807) is 11.8 Å². The van der Waals surface area contributed by atoms with Crippen molar-refractivity contribution in [2.24, 2.45) is 0 Å². The number of amides is 1. The summed E-state index contributed by atoms with van der Waals surface area (Å²) in [5.74, 6) is 0.931. The molecular weight excluding hydrogens is 244 g/mol. The summed E-state index contributed by atoms with van der Waals surface area (Å²) in [5, 5.41) is 6.27. The summed E-state index contributed by atoms with van der Waals surface area (Å²) >= 11 is 1.73. The molecular formula is C14H22N2OS. The monoisotopic (exact) mass is 266 g/mol. The lowest BCUT2D eigenvalue weighted by Gasteiger charge is -2.12. The van der Waals surface area contributed by atoms with E-state index in [1.807, 2.05) is 37.4 Å². The predicted octanol–water partition coefficient (Wildman–Crippen LogP) is 2.99. The fraction of sp³-hybridized carbons (Fsp3) is 0.500. The molecule has 1 aromatic carbocycles. The predicted molar refractivity (Wildman–Crippen MR) is 80.5 cm³/mol. The van der Waals surface area contributed by atoms with E-state index in [1.165, 1.54) is 0 Å². The first-order valence-electron chi connectivity index (χ1n) is 6.31. The molecule has 0 aromatic heterocycles. The van der Waals surface area contributed by atoms with Crippen molar-refractivity contribution in [3.8, 4) is 0 Å². The first-order chi connectivity index (χ1) is 8.67. The molecule has 0 bridgehead atoms. The summed E-state index contributed by atoms with van der Waals surface area (Å²) < 4.78 is 0.